The third-order valence-corrected chi connectivity index (χ3v) is 4.18. The van der Waals surface area contributed by atoms with Gasteiger partial charge in [0.15, 0.2) is 0 Å². The fourth-order valence-corrected chi connectivity index (χ4v) is 2.66. The normalized spacial score (nSPS) is 10.1. The molecule has 0 unspecified atom stereocenters. The summed E-state index contributed by atoms with van der Waals surface area (Å²) in [5, 5.41) is 5.63. The maximum Gasteiger partial charge on any atom is 0.255 e. The maximum absolute atomic E-state index is 12.4. The van der Waals surface area contributed by atoms with E-state index >= 15 is 0 Å². The first-order chi connectivity index (χ1) is 14.1. The maximum atomic E-state index is 12.4. The summed E-state index contributed by atoms with van der Waals surface area (Å²) in [7, 11) is 1.58. The van der Waals surface area contributed by atoms with Crippen LogP contribution in [0, 0.1) is 0 Å². The number of methoxy groups -OCH3 is 1. The molecule has 6 nitrogen and oxygen atoms in total. The lowest BCUT2D eigenvalue weighted by Crippen LogP contribution is -2.14. The molecule has 2 amide bonds. The summed E-state index contributed by atoms with van der Waals surface area (Å²) in [6.45, 7) is 2.50. The first-order valence-corrected chi connectivity index (χ1v) is 9.18. The number of nitrogens with one attached hydrogen (secondary N) is 2. The van der Waals surface area contributed by atoms with Gasteiger partial charge in [-0.15, -0.1) is 0 Å². The van der Waals surface area contributed by atoms with E-state index in [1.165, 1.54) is 0 Å². The highest BCUT2D eigenvalue weighted by Crippen LogP contribution is 2.18. The van der Waals surface area contributed by atoms with E-state index in [1.807, 2.05) is 6.92 Å². The Hall–Kier alpha value is -3.80. The van der Waals surface area contributed by atoms with Crippen molar-refractivity contribution in [3.63, 3.8) is 0 Å². The van der Waals surface area contributed by atoms with Gasteiger partial charge in [0.2, 0.25) is 0 Å². The standard InChI is InChI=1S/C23H22N2O4/c1-3-29-21-14-10-19(11-15-21)25-23(27)17-6-4-16(5-7-17)22(26)24-18-8-12-20(28-2)13-9-18/h4-15H,3H2,1-2H3,(H,24,26)(H,25,27). The first kappa shape index (κ1) is 19.9. The minimum Gasteiger partial charge on any atom is -0.497 e. The van der Waals surface area contributed by atoms with Gasteiger partial charge in [0.25, 0.3) is 11.8 Å². The third kappa shape index (κ3) is 5.35. The number of carbonyl (C=O) groups is 2. The van der Waals surface area contributed by atoms with E-state index in [4.69, 9.17) is 9.47 Å². The van der Waals surface area contributed by atoms with Crippen molar-refractivity contribution < 1.29 is 19.1 Å². The van der Waals surface area contributed by atoms with Crippen LogP contribution in [0.5, 0.6) is 11.5 Å². The van der Waals surface area contributed by atoms with Crippen molar-refractivity contribution in [3.05, 3.63) is 83.9 Å². The molecule has 0 aliphatic heterocycles. The molecule has 0 fully saturated rings. The highest BCUT2D eigenvalue weighted by atomic mass is 16.5. The third-order valence-electron chi connectivity index (χ3n) is 4.18. The molecular weight excluding hydrogens is 368 g/mol. The van der Waals surface area contributed by atoms with Crippen molar-refractivity contribution in [2.75, 3.05) is 24.4 Å². The number of hydrogen-bond acceptors (Lipinski definition) is 4. The van der Waals surface area contributed by atoms with E-state index in [0.717, 1.165) is 5.75 Å². The molecule has 0 saturated carbocycles. The lowest BCUT2D eigenvalue weighted by molar-refractivity contribution is 0.101. The Kier molecular flexibility index (Phi) is 6.47. The van der Waals surface area contributed by atoms with Crippen LogP contribution in [0.4, 0.5) is 11.4 Å². The minimum atomic E-state index is -0.256. The monoisotopic (exact) mass is 390 g/mol. The molecule has 2 N–H and O–H groups in total. The van der Waals surface area contributed by atoms with Gasteiger partial charge < -0.3 is 20.1 Å². The highest BCUT2D eigenvalue weighted by Gasteiger charge is 2.10. The quantitative estimate of drug-likeness (QED) is 0.618. The molecule has 0 radical (unpaired) electrons. The van der Waals surface area contributed by atoms with Gasteiger partial charge in [-0.3, -0.25) is 9.59 Å². The zero-order chi connectivity index (χ0) is 20.6. The van der Waals surface area contributed by atoms with Crippen molar-refractivity contribution >= 4 is 23.2 Å². The molecule has 148 valence electrons. The molecule has 0 aliphatic carbocycles. The van der Waals surface area contributed by atoms with Crippen molar-refractivity contribution in [1.82, 2.24) is 0 Å². The molecular formula is C23H22N2O4. The smallest absolute Gasteiger partial charge is 0.255 e. The van der Waals surface area contributed by atoms with Crippen LogP contribution in [0.2, 0.25) is 0 Å². The second kappa shape index (κ2) is 9.41. The molecule has 3 aromatic carbocycles. The fraction of sp³-hybridized carbons (Fsp3) is 0.130. The van der Waals surface area contributed by atoms with Crippen LogP contribution in [0.25, 0.3) is 0 Å². The Labute approximate surface area is 169 Å². The summed E-state index contributed by atoms with van der Waals surface area (Å²) in [6.07, 6.45) is 0. The van der Waals surface area contributed by atoms with E-state index in [0.29, 0.717) is 34.9 Å². The molecule has 3 aromatic rings. The van der Waals surface area contributed by atoms with Crippen LogP contribution >= 0.6 is 0 Å². The van der Waals surface area contributed by atoms with Crippen molar-refractivity contribution in [2.24, 2.45) is 0 Å². The number of carbonyl (C=O) groups excluding carboxylic acids is 2. The van der Waals surface area contributed by atoms with Crippen molar-refractivity contribution in [3.8, 4) is 11.5 Å². The second-order valence-corrected chi connectivity index (χ2v) is 6.17. The van der Waals surface area contributed by atoms with Gasteiger partial charge >= 0.3 is 0 Å². The van der Waals surface area contributed by atoms with Crippen LogP contribution in [-0.4, -0.2) is 25.5 Å². The summed E-state index contributed by atoms with van der Waals surface area (Å²) < 4.78 is 10.5. The average molecular weight is 390 g/mol. The van der Waals surface area contributed by atoms with Gasteiger partial charge in [-0.1, -0.05) is 0 Å². The highest BCUT2D eigenvalue weighted by molar-refractivity contribution is 6.07. The number of ether oxygens (including phenoxy) is 2. The Morgan fingerprint density at radius 1 is 0.690 bits per heavy atom. The van der Waals surface area contributed by atoms with E-state index in [9.17, 15) is 9.59 Å². The number of hydrogen-bond donors (Lipinski definition) is 2. The predicted molar refractivity (Wildman–Crippen MR) is 113 cm³/mol. The van der Waals surface area contributed by atoms with Gasteiger partial charge in [0, 0.05) is 22.5 Å². The Bertz CT molecular complexity index is 965. The molecule has 3 rings (SSSR count). The summed E-state index contributed by atoms with van der Waals surface area (Å²) in [6, 6.07) is 20.7. The van der Waals surface area contributed by atoms with E-state index in [1.54, 1.807) is 79.9 Å². The Morgan fingerprint density at radius 3 is 1.48 bits per heavy atom. The van der Waals surface area contributed by atoms with Crippen LogP contribution < -0.4 is 20.1 Å². The minimum absolute atomic E-state index is 0.253. The van der Waals surface area contributed by atoms with Gasteiger partial charge in [-0.25, -0.2) is 0 Å². The molecule has 6 heteroatoms. The summed E-state index contributed by atoms with van der Waals surface area (Å²) >= 11 is 0. The number of anilines is 2. The van der Waals surface area contributed by atoms with Crippen LogP contribution in [0.1, 0.15) is 27.6 Å². The van der Waals surface area contributed by atoms with Gasteiger partial charge in [0.1, 0.15) is 11.5 Å². The zero-order valence-corrected chi connectivity index (χ0v) is 16.3. The van der Waals surface area contributed by atoms with Crippen LogP contribution in [0.3, 0.4) is 0 Å². The lowest BCUT2D eigenvalue weighted by atomic mass is 10.1. The van der Waals surface area contributed by atoms with Gasteiger partial charge in [-0.2, -0.15) is 0 Å². The molecule has 0 atom stereocenters. The zero-order valence-electron chi connectivity index (χ0n) is 16.3. The molecule has 0 bridgehead atoms. The summed E-state index contributed by atoms with van der Waals surface area (Å²) in [5.74, 6) is 0.952. The average Bonchev–Trinajstić information content (AvgIpc) is 2.76. The van der Waals surface area contributed by atoms with Crippen LogP contribution in [-0.2, 0) is 0 Å². The lowest BCUT2D eigenvalue weighted by Gasteiger charge is -2.09. The van der Waals surface area contributed by atoms with Gasteiger partial charge in [0.05, 0.1) is 13.7 Å². The topological polar surface area (TPSA) is 76.7 Å². The van der Waals surface area contributed by atoms with E-state index < -0.39 is 0 Å². The molecule has 29 heavy (non-hydrogen) atoms. The molecule has 0 saturated heterocycles. The van der Waals surface area contributed by atoms with Gasteiger partial charge in [-0.05, 0) is 79.7 Å². The number of benzene rings is 3. The summed E-state index contributed by atoms with van der Waals surface area (Å²) in [5.41, 5.74) is 2.24. The van der Waals surface area contributed by atoms with E-state index in [2.05, 4.69) is 10.6 Å². The van der Waals surface area contributed by atoms with Crippen molar-refractivity contribution in [1.29, 1.82) is 0 Å². The van der Waals surface area contributed by atoms with E-state index in [-0.39, 0.29) is 11.8 Å². The molecule has 0 aliphatic rings. The number of rotatable bonds is 7. The molecule has 0 aromatic heterocycles. The Morgan fingerprint density at radius 2 is 1.10 bits per heavy atom. The molecule has 0 heterocycles. The van der Waals surface area contributed by atoms with Crippen molar-refractivity contribution in [2.45, 2.75) is 6.92 Å². The SMILES string of the molecule is CCOc1ccc(NC(=O)c2ccc(C(=O)Nc3ccc(OC)cc3)cc2)cc1. The fourth-order valence-electron chi connectivity index (χ4n) is 2.66. The first-order valence-electron chi connectivity index (χ1n) is 9.18. The molecule has 0 spiro atoms. The Balaban J connectivity index is 1.60. The van der Waals surface area contributed by atoms with Crippen LogP contribution in [0.15, 0.2) is 72.8 Å². The summed E-state index contributed by atoms with van der Waals surface area (Å²) in [4.78, 5) is 24.8. The number of amides is 2. The largest absolute Gasteiger partial charge is 0.497 e. The predicted octanol–water partition coefficient (Wildman–Crippen LogP) is 4.60. The second-order valence-electron chi connectivity index (χ2n) is 6.17.